The van der Waals surface area contributed by atoms with Gasteiger partial charge in [-0.2, -0.15) is 5.10 Å². The molecule has 1 unspecified atom stereocenters. The summed E-state index contributed by atoms with van der Waals surface area (Å²) in [7, 11) is 0. The fourth-order valence-electron chi connectivity index (χ4n) is 1.99. The monoisotopic (exact) mass is 276 g/mol. The van der Waals surface area contributed by atoms with Crippen LogP contribution in [0.1, 0.15) is 38.8 Å². The van der Waals surface area contributed by atoms with E-state index in [0.29, 0.717) is 24.7 Å². The van der Waals surface area contributed by atoms with Gasteiger partial charge in [-0.1, -0.05) is 20.8 Å². The molecule has 0 aromatic carbocycles. The van der Waals surface area contributed by atoms with Gasteiger partial charge in [-0.3, -0.25) is 4.79 Å². The smallest absolute Gasteiger partial charge is 0.308 e. The maximum atomic E-state index is 11.0. The molecule has 0 fully saturated rings. The van der Waals surface area contributed by atoms with E-state index in [4.69, 9.17) is 5.11 Å². The Hall–Kier alpha value is -2.11. The number of rotatable bonds is 6. The molecule has 0 saturated heterocycles. The zero-order valence-electron chi connectivity index (χ0n) is 12.0. The summed E-state index contributed by atoms with van der Waals surface area (Å²) < 4.78 is 1.77. The summed E-state index contributed by atoms with van der Waals surface area (Å²) in [4.78, 5) is 15.3. The van der Waals surface area contributed by atoms with Crippen molar-refractivity contribution in [3.8, 4) is 0 Å². The van der Waals surface area contributed by atoms with Crippen molar-refractivity contribution >= 4 is 17.3 Å². The van der Waals surface area contributed by atoms with Crippen LogP contribution in [0.5, 0.6) is 0 Å². The van der Waals surface area contributed by atoms with Crippen LogP contribution in [-0.4, -0.2) is 32.2 Å². The van der Waals surface area contributed by atoms with Crippen molar-refractivity contribution in [1.29, 1.82) is 0 Å². The van der Waals surface area contributed by atoms with Crippen LogP contribution in [0.3, 0.4) is 0 Å². The number of hydrogen-bond acceptors (Lipinski definition) is 4. The summed E-state index contributed by atoms with van der Waals surface area (Å²) in [6, 6.07) is 1.99. The minimum Gasteiger partial charge on any atom is -0.481 e. The number of carboxylic acids is 1. The number of nitrogens with zero attached hydrogens (tertiary/aromatic N) is 3. The molecule has 6 nitrogen and oxygen atoms in total. The molecule has 6 heteroatoms. The lowest BCUT2D eigenvalue weighted by Crippen LogP contribution is -2.22. The molecule has 2 N–H and O–H groups in total. The van der Waals surface area contributed by atoms with Gasteiger partial charge in [0.05, 0.1) is 11.6 Å². The third kappa shape index (κ3) is 2.89. The molecule has 0 radical (unpaired) electrons. The number of fused-ring (bicyclic) bond motifs is 1. The first kappa shape index (κ1) is 14.3. The number of carboxylic acid groups (broad SMARTS) is 1. The van der Waals surface area contributed by atoms with Crippen molar-refractivity contribution < 1.29 is 9.90 Å². The van der Waals surface area contributed by atoms with Gasteiger partial charge in [0, 0.05) is 18.9 Å². The van der Waals surface area contributed by atoms with Gasteiger partial charge in [-0.15, -0.1) is 0 Å². The van der Waals surface area contributed by atoms with E-state index < -0.39 is 11.9 Å². The van der Waals surface area contributed by atoms with E-state index in [9.17, 15) is 4.79 Å². The predicted octanol–water partition coefficient (Wildman–Crippen LogP) is 2.38. The van der Waals surface area contributed by atoms with Gasteiger partial charge in [0.2, 0.25) is 0 Å². The first-order chi connectivity index (χ1) is 9.52. The molecular weight excluding hydrogens is 256 g/mol. The van der Waals surface area contributed by atoms with Gasteiger partial charge in [-0.25, -0.2) is 9.50 Å². The largest absolute Gasteiger partial charge is 0.481 e. The molecule has 1 atom stereocenters. The lowest BCUT2D eigenvalue weighted by Gasteiger charge is -2.11. The fraction of sp³-hybridized carbons (Fsp3) is 0.500. The average Bonchev–Trinajstić information content (AvgIpc) is 2.84. The SMILES string of the molecule is CCC(CNc1nccn2nc(C(C)C)cc12)C(=O)O. The highest BCUT2D eigenvalue weighted by atomic mass is 16.4. The number of hydrogen-bond donors (Lipinski definition) is 2. The molecule has 2 aromatic heterocycles. The van der Waals surface area contributed by atoms with Gasteiger partial charge >= 0.3 is 5.97 Å². The Balaban J connectivity index is 2.23. The molecule has 0 bridgehead atoms. The van der Waals surface area contributed by atoms with E-state index in [0.717, 1.165) is 11.2 Å². The molecule has 0 amide bonds. The van der Waals surface area contributed by atoms with Crippen LogP contribution in [0.15, 0.2) is 18.5 Å². The van der Waals surface area contributed by atoms with E-state index in [2.05, 4.69) is 29.2 Å². The van der Waals surface area contributed by atoms with Crippen LogP contribution in [0.2, 0.25) is 0 Å². The van der Waals surface area contributed by atoms with E-state index in [-0.39, 0.29) is 0 Å². The maximum absolute atomic E-state index is 11.0. The van der Waals surface area contributed by atoms with Crippen molar-refractivity contribution in [3.05, 3.63) is 24.2 Å². The Kier molecular flexibility index (Phi) is 4.22. The number of anilines is 1. The van der Waals surface area contributed by atoms with E-state index >= 15 is 0 Å². The van der Waals surface area contributed by atoms with Crippen molar-refractivity contribution in [1.82, 2.24) is 14.6 Å². The Labute approximate surface area is 117 Å². The first-order valence-electron chi connectivity index (χ1n) is 6.83. The van der Waals surface area contributed by atoms with Gasteiger partial charge in [0.25, 0.3) is 0 Å². The van der Waals surface area contributed by atoms with E-state index in [1.165, 1.54) is 0 Å². The Morgan fingerprint density at radius 1 is 1.50 bits per heavy atom. The maximum Gasteiger partial charge on any atom is 0.308 e. The Morgan fingerprint density at radius 3 is 2.85 bits per heavy atom. The molecule has 0 spiro atoms. The molecule has 2 aromatic rings. The number of carbonyl (C=O) groups is 1. The molecule has 0 aliphatic heterocycles. The lowest BCUT2D eigenvalue weighted by atomic mass is 10.1. The number of nitrogens with one attached hydrogen (secondary N) is 1. The van der Waals surface area contributed by atoms with Crippen LogP contribution >= 0.6 is 0 Å². The van der Waals surface area contributed by atoms with Crippen LogP contribution in [-0.2, 0) is 4.79 Å². The van der Waals surface area contributed by atoms with E-state index in [1.54, 1.807) is 16.9 Å². The van der Waals surface area contributed by atoms with E-state index in [1.807, 2.05) is 13.0 Å². The standard InChI is InChI=1S/C14H20N4O2/c1-4-10(14(19)20)8-16-13-12-7-11(9(2)3)17-18(12)6-5-15-13/h5-7,9-10H,4,8H2,1-3H3,(H,15,16)(H,19,20). The second-order valence-electron chi connectivity index (χ2n) is 5.15. The molecular formula is C14H20N4O2. The minimum absolute atomic E-state index is 0.338. The summed E-state index contributed by atoms with van der Waals surface area (Å²) in [5.41, 5.74) is 1.86. The first-order valence-corrected chi connectivity index (χ1v) is 6.83. The number of aliphatic carboxylic acids is 1. The van der Waals surface area contributed by atoms with Gasteiger partial charge < -0.3 is 10.4 Å². The second kappa shape index (κ2) is 5.90. The normalized spacial score (nSPS) is 12.8. The predicted molar refractivity (Wildman–Crippen MR) is 77.0 cm³/mol. The van der Waals surface area contributed by atoms with Gasteiger partial charge in [-0.05, 0) is 18.4 Å². The summed E-state index contributed by atoms with van der Waals surface area (Å²) >= 11 is 0. The highest BCUT2D eigenvalue weighted by molar-refractivity contribution is 5.72. The molecule has 108 valence electrons. The third-order valence-electron chi connectivity index (χ3n) is 3.36. The Bertz CT molecular complexity index is 606. The zero-order valence-corrected chi connectivity index (χ0v) is 12.0. The van der Waals surface area contributed by atoms with Gasteiger partial charge in [0.15, 0.2) is 5.82 Å². The van der Waals surface area contributed by atoms with Gasteiger partial charge in [0.1, 0.15) is 5.52 Å². The summed E-state index contributed by atoms with van der Waals surface area (Å²) in [6.45, 7) is 6.39. The fourth-order valence-corrected chi connectivity index (χ4v) is 1.99. The van der Waals surface area contributed by atoms with Crippen LogP contribution in [0.4, 0.5) is 5.82 Å². The second-order valence-corrected chi connectivity index (χ2v) is 5.15. The summed E-state index contributed by atoms with van der Waals surface area (Å²) in [6.07, 6.45) is 4.04. The lowest BCUT2D eigenvalue weighted by molar-refractivity contribution is -0.141. The van der Waals surface area contributed by atoms with Crippen LogP contribution < -0.4 is 5.32 Å². The van der Waals surface area contributed by atoms with Crippen molar-refractivity contribution in [2.24, 2.45) is 5.92 Å². The van der Waals surface area contributed by atoms with Crippen molar-refractivity contribution in [2.45, 2.75) is 33.1 Å². The average molecular weight is 276 g/mol. The van der Waals surface area contributed by atoms with Crippen LogP contribution in [0.25, 0.3) is 5.52 Å². The highest BCUT2D eigenvalue weighted by Crippen LogP contribution is 2.20. The molecule has 0 saturated carbocycles. The zero-order chi connectivity index (χ0) is 14.7. The molecule has 0 aliphatic carbocycles. The number of aromatic nitrogens is 3. The van der Waals surface area contributed by atoms with Crippen molar-refractivity contribution in [3.63, 3.8) is 0 Å². The topological polar surface area (TPSA) is 79.5 Å². The highest BCUT2D eigenvalue weighted by Gasteiger charge is 2.16. The van der Waals surface area contributed by atoms with Crippen molar-refractivity contribution in [2.75, 3.05) is 11.9 Å². The quantitative estimate of drug-likeness (QED) is 0.846. The molecule has 20 heavy (non-hydrogen) atoms. The Morgan fingerprint density at radius 2 is 2.25 bits per heavy atom. The summed E-state index contributed by atoms with van der Waals surface area (Å²) in [5.74, 6) is -0.190. The third-order valence-corrected chi connectivity index (χ3v) is 3.36. The molecule has 2 heterocycles. The summed E-state index contributed by atoms with van der Waals surface area (Å²) in [5, 5.41) is 16.7. The molecule has 0 aliphatic rings. The minimum atomic E-state index is -0.789. The molecule has 2 rings (SSSR count). The van der Waals surface area contributed by atoms with Crippen LogP contribution in [0, 0.1) is 5.92 Å².